The molecule has 1 amide bonds. The van der Waals surface area contributed by atoms with Crippen LogP contribution in [0.5, 0.6) is 0 Å². The first-order valence-electron chi connectivity index (χ1n) is 6.07. The van der Waals surface area contributed by atoms with E-state index in [9.17, 15) is 9.18 Å². The Morgan fingerprint density at radius 1 is 1.35 bits per heavy atom. The first-order chi connectivity index (χ1) is 9.60. The van der Waals surface area contributed by atoms with Gasteiger partial charge < -0.3 is 10.6 Å². The second-order valence-corrected chi connectivity index (χ2v) is 4.87. The summed E-state index contributed by atoms with van der Waals surface area (Å²) in [6.45, 7) is 2.66. The van der Waals surface area contributed by atoms with Crippen LogP contribution in [0.2, 0.25) is 0 Å². The zero-order valence-electron chi connectivity index (χ0n) is 10.8. The summed E-state index contributed by atoms with van der Waals surface area (Å²) in [5.74, 6) is -0.188. The largest absolute Gasteiger partial charge is 0.370 e. The highest BCUT2D eigenvalue weighted by atomic mass is 79.9. The summed E-state index contributed by atoms with van der Waals surface area (Å²) in [4.78, 5) is 16.3. The number of nitrogens with zero attached hydrogens (tertiary/aromatic N) is 1. The molecule has 0 unspecified atom stereocenters. The van der Waals surface area contributed by atoms with Gasteiger partial charge in [0.15, 0.2) is 0 Å². The van der Waals surface area contributed by atoms with E-state index in [4.69, 9.17) is 0 Å². The third-order valence-electron chi connectivity index (χ3n) is 2.52. The van der Waals surface area contributed by atoms with E-state index >= 15 is 0 Å². The van der Waals surface area contributed by atoms with Gasteiger partial charge in [-0.25, -0.2) is 9.37 Å². The van der Waals surface area contributed by atoms with E-state index in [-0.39, 0.29) is 5.69 Å². The van der Waals surface area contributed by atoms with Crippen molar-refractivity contribution in [3.8, 4) is 0 Å². The van der Waals surface area contributed by atoms with Gasteiger partial charge in [0.1, 0.15) is 17.3 Å². The van der Waals surface area contributed by atoms with Crippen molar-refractivity contribution < 1.29 is 9.18 Å². The van der Waals surface area contributed by atoms with Crippen LogP contribution in [0.25, 0.3) is 0 Å². The Hall–Kier alpha value is -1.95. The lowest BCUT2D eigenvalue weighted by Gasteiger charge is -2.08. The molecule has 0 radical (unpaired) electrons. The lowest BCUT2D eigenvalue weighted by Crippen LogP contribution is -2.15. The molecule has 0 aliphatic heterocycles. The van der Waals surface area contributed by atoms with Gasteiger partial charge in [0.05, 0.1) is 5.69 Å². The fourth-order valence-electron chi connectivity index (χ4n) is 1.62. The van der Waals surface area contributed by atoms with Gasteiger partial charge in [-0.3, -0.25) is 4.79 Å². The van der Waals surface area contributed by atoms with Crippen molar-refractivity contribution in [3.05, 3.63) is 52.4 Å². The molecule has 0 saturated carbocycles. The summed E-state index contributed by atoms with van der Waals surface area (Å²) in [6, 6.07) is 9.20. The first kappa shape index (κ1) is 14.5. The molecular weight excluding hydrogens is 325 g/mol. The molecule has 1 heterocycles. The molecule has 1 aromatic heterocycles. The molecule has 0 bridgehead atoms. The quantitative estimate of drug-likeness (QED) is 0.894. The second-order valence-electron chi connectivity index (χ2n) is 4.02. The molecule has 0 saturated heterocycles. The van der Waals surface area contributed by atoms with Crippen molar-refractivity contribution in [2.24, 2.45) is 0 Å². The van der Waals surface area contributed by atoms with Crippen molar-refractivity contribution in [2.45, 2.75) is 6.92 Å². The van der Waals surface area contributed by atoms with Crippen molar-refractivity contribution in [3.63, 3.8) is 0 Å². The van der Waals surface area contributed by atoms with Gasteiger partial charge in [0, 0.05) is 11.0 Å². The molecule has 1 aromatic carbocycles. The van der Waals surface area contributed by atoms with Crippen LogP contribution >= 0.6 is 15.9 Å². The molecule has 0 aliphatic carbocycles. The lowest BCUT2D eigenvalue weighted by molar-refractivity contribution is 0.102. The highest BCUT2D eigenvalue weighted by Gasteiger charge is 2.11. The Labute approximate surface area is 124 Å². The van der Waals surface area contributed by atoms with E-state index in [2.05, 4.69) is 31.5 Å². The van der Waals surface area contributed by atoms with Gasteiger partial charge in [0.25, 0.3) is 5.91 Å². The Balaban J connectivity index is 2.19. The number of benzene rings is 1. The van der Waals surface area contributed by atoms with Gasteiger partial charge >= 0.3 is 0 Å². The number of nitrogens with one attached hydrogen (secondary N) is 2. The average Bonchev–Trinajstić information content (AvgIpc) is 2.43. The second kappa shape index (κ2) is 6.47. The van der Waals surface area contributed by atoms with Crippen molar-refractivity contribution in [1.82, 2.24) is 4.98 Å². The van der Waals surface area contributed by atoms with Crippen LogP contribution < -0.4 is 10.6 Å². The Bertz CT molecular complexity index is 634. The molecule has 2 aromatic rings. The number of rotatable bonds is 4. The van der Waals surface area contributed by atoms with Gasteiger partial charge in [-0.15, -0.1) is 0 Å². The molecule has 2 N–H and O–H groups in total. The molecule has 0 aliphatic rings. The van der Waals surface area contributed by atoms with E-state index < -0.39 is 11.7 Å². The SMILES string of the molecule is CCNc1cccc(C(=O)Nc2cc(F)ccc2Br)n1. The van der Waals surface area contributed by atoms with E-state index in [1.165, 1.54) is 18.2 Å². The molecule has 4 nitrogen and oxygen atoms in total. The van der Waals surface area contributed by atoms with E-state index in [1.807, 2.05) is 6.92 Å². The molecule has 2 rings (SSSR count). The summed E-state index contributed by atoms with van der Waals surface area (Å²) in [6.07, 6.45) is 0. The summed E-state index contributed by atoms with van der Waals surface area (Å²) in [7, 11) is 0. The van der Waals surface area contributed by atoms with E-state index in [1.54, 1.807) is 18.2 Å². The lowest BCUT2D eigenvalue weighted by atomic mass is 10.3. The first-order valence-corrected chi connectivity index (χ1v) is 6.87. The maximum atomic E-state index is 13.2. The minimum Gasteiger partial charge on any atom is -0.370 e. The smallest absolute Gasteiger partial charge is 0.274 e. The van der Waals surface area contributed by atoms with Gasteiger partial charge in [-0.2, -0.15) is 0 Å². The fraction of sp³-hybridized carbons (Fsp3) is 0.143. The predicted molar refractivity (Wildman–Crippen MR) is 80.5 cm³/mol. The monoisotopic (exact) mass is 337 g/mol. The summed E-state index contributed by atoms with van der Waals surface area (Å²) < 4.78 is 13.8. The zero-order chi connectivity index (χ0) is 14.5. The third kappa shape index (κ3) is 3.54. The summed E-state index contributed by atoms with van der Waals surface area (Å²) >= 11 is 3.26. The topological polar surface area (TPSA) is 54.0 Å². The van der Waals surface area contributed by atoms with Gasteiger partial charge in [0.2, 0.25) is 0 Å². The van der Waals surface area contributed by atoms with Gasteiger partial charge in [-0.1, -0.05) is 6.07 Å². The fourth-order valence-corrected chi connectivity index (χ4v) is 1.97. The summed E-state index contributed by atoms with van der Waals surface area (Å²) in [5, 5.41) is 5.65. The average molecular weight is 338 g/mol. The van der Waals surface area contributed by atoms with Crippen molar-refractivity contribution >= 4 is 33.3 Å². The Morgan fingerprint density at radius 2 is 2.15 bits per heavy atom. The van der Waals surface area contributed by atoms with Crippen LogP contribution in [0.1, 0.15) is 17.4 Å². The molecule has 0 spiro atoms. The number of amides is 1. The number of carbonyl (C=O) groups excluding carboxylic acids is 1. The number of hydrogen-bond donors (Lipinski definition) is 2. The van der Waals surface area contributed by atoms with Gasteiger partial charge in [-0.05, 0) is 53.2 Å². The normalized spacial score (nSPS) is 10.2. The van der Waals surface area contributed by atoms with Crippen LogP contribution in [0.4, 0.5) is 15.9 Å². The minimum atomic E-state index is -0.419. The van der Waals surface area contributed by atoms with Crippen LogP contribution in [0.3, 0.4) is 0 Å². The number of halogens is 2. The number of pyridine rings is 1. The number of anilines is 2. The molecule has 104 valence electrons. The zero-order valence-corrected chi connectivity index (χ0v) is 12.4. The molecule has 0 fully saturated rings. The number of hydrogen-bond acceptors (Lipinski definition) is 3. The highest BCUT2D eigenvalue weighted by molar-refractivity contribution is 9.10. The highest BCUT2D eigenvalue weighted by Crippen LogP contribution is 2.23. The van der Waals surface area contributed by atoms with Crippen LogP contribution in [0.15, 0.2) is 40.9 Å². The number of carbonyl (C=O) groups is 1. The molecule has 20 heavy (non-hydrogen) atoms. The standard InChI is InChI=1S/C14H13BrFN3O/c1-2-17-13-5-3-4-11(18-13)14(20)19-12-8-9(16)6-7-10(12)15/h3-8H,2H2,1H3,(H,17,18)(H,19,20). The predicted octanol–water partition coefficient (Wildman–Crippen LogP) is 3.67. The maximum absolute atomic E-state index is 13.2. The Kier molecular flexibility index (Phi) is 4.68. The third-order valence-corrected chi connectivity index (χ3v) is 3.21. The van der Waals surface area contributed by atoms with E-state index in [0.29, 0.717) is 22.5 Å². The van der Waals surface area contributed by atoms with E-state index in [0.717, 1.165) is 0 Å². The van der Waals surface area contributed by atoms with Crippen LogP contribution in [0, 0.1) is 5.82 Å². The van der Waals surface area contributed by atoms with Crippen molar-refractivity contribution in [2.75, 3.05) is 17.2 Å². The summed E-state index contributed by atoms with van der Waals surface area (Å²) in [5.41, 5.74) is 0.630. The minimum absolute atomic E-state index is 0.264. The van der Waals surface area contributed by atoms with Crippen LogP contribution in [-0.2, 0) is 0 Å². The number of aromatic nitrogens is 1. The molecule has 0 atom stereocenters. The molecular formula is C14H13BrFN3O. The van der Waals surface area contributed by atoms with Crippen LogP contribution in [-0.4, -0.2) is 17.4 Å². The molecule has 6 heteroatoms. The maximum Gasteiger partial charge on any atom is 0.274 e. The van der Waals surface area contributed by atoms with Crippen molar-refractivity contribution in [1.29, 1.82) is 0 Å². The Morgan fingerprint density at radius 3 is 2.90 bits per heavy atom.